The molecule has 0 radical (unpaired) electrons. The van der Waals surface area contributed by atoms with Crippen LogP contribution in [0.1, 0.15) is 34.8 Å². The molecule has 4 heteroatoms. The average Bonchev–Trinajstić information content (AvgIpc) is 3.05. The normalized spacial score (nSPS) is 35.9. The Morgan fingerprint density at radius 2 is 1.55 bits per heavy atom. The molecule has 2 aromatic carbocycles. The quantitative estimate of drug-likeness (QED) is 0.807. The van der Waals surface area contributed by atoms with Gasteiger partial charge in [-0.1, -0.05) is 42.5 Å². The van der Waals surface area contributed by atoms with Gasteiger partial charge in [0.2, 0.25) is 0 Å². The molecule has 3 aliphatic heterocycles. The number of hydrogen-bond acceptors (Lipinski definition) is 2. The molecule has 5 rings (SSSR count). The van der Waals surface area contributed by atoms with Crippen LogP contribution in [0.3, 0.4) is 0 Å². The minimum absolute atomic E-state index is 0.0183. The van der Waals surface area contributed by atoms with Gasteiger partial charge in [-0.2, -0.15) is 0 Å². The van der Waals surface area contributed by atoms with E-state index in [1.54, 1.807) is 0 Å². The lowest BCUT2D eigenvalue weighted by Crippen LogP contribution is -2.36. The summed E-state index contributed by atoms with van der Waals surface area (Å²) in [4.78, 5) is 0. The van der Waals surface area contributed by atoms with Gasteiger partial charge in [0.15, 0.2) is 0 Å². The predicted molar refractivity (Wildman–Crippen MR) is 77.7 cm³/mol. The molecule has 3 heterocycles. The van der Waals surface area contributed by atoms with Crippen molar-refractivity contribution in [1.29, 1.82) is 0 Å². The summed E-state index contributed by atoms with van der Waals surface area (Å²) in [5.41, 5.74) is 4.71. The summed E-state index contributed by atoms with van der Waals surface area (Å²) in [5, 5.41) is 0.0183. The molecule has 3 aliphatic rings. The fraction of sp³-hybridized carbons (Fsp3) is 0.250. The highest BCUT2D eigenvalue weighted by atomic mass is 32.2. The zero-order chi connectivity index (χ0) is 13.3. The summed E-state index contributed by atoms with van der Waals surface area (Å²) < 4.78 is 21.9. The van der Waals surface area contributed by atoms with E-state index in [4.69, 9.17) is 4.74 Å². The Morgan fingerprint density at radius 3 is 2.35 bits per heavy atom. The van der Waals surface area contributed by atoms with Crippen molar-refractivity contribution in [3.8, 4) is 0 Å². The maximum atomic E-state index is 12.6. The number of fused-ring (bicyclic) bond motifs is 10. The molecular formula is C16H13NO2S. The zero-order valence-corrected chi connectivity index (χ0v) is 11.5. The number of rotatable bonds is 0. The lowest BCUT2D eigenvalue weighted by Gasteiger charge is -2.34. The van der Waals surface area contributed by atoms with Crippen LogP contribution in [-0.4, -0.2) is 9.46 Å². The first-order valence-corrected chi connectivity index (χ1v) is 8.06. The topological polar surface area (TPSA) is 38.3 Å². The van der Waals surface area contributed by atoms with Gasteiger partial charge in [-0.15, -0.1) is 0 Å². The first kappa shape index (κ1) is 11.1. The van der Waals surface area contributed by atoms with Crippen molar-refractivity contribution in [2.45, 2.75) is 23.4 Å². The van der Waals surface area contributed by atoms with Gasteiger partial charge in [0, 0.05) is 11.6 Å². The monoisotopic (exact) mass is 283 g/mol. The number of ether oxygens (including phenoxy) is 1. The van der Waals surface area contributed by atoms with Gasteiger partial charge in [-0.25, -0.2) is 4.21 Å². The Labute approximate surface area is 119 Å². The summed E-state index contributed by atoms with van der Waals surface area (Å²) in [6.45, 7) is 0. The zero-order valence-electron chi connectivity index (χ0n) is 10.7. The van der Waals surface area contributed by atoms with E-state index in [0.29, 0.717) is 0 Å². The molecule has 0 saturated carbocycles. The number of anilines is 1. The van der Waals surface area contributed by atoms with E-state index in [2.05, 4.69) is 29.0 Å². The molecule has 2 bridgehead atoms. The third-order valence-corrected chi connectivity index (χ3v) is 6.11. The van der Waals surface area contributed by atoms with Gasteiger partial charge in [0.25, 0.3) is 0 Å². The lowest BCUT2D eigenvalue weighted by molar-refractivity contribution is 0.0683. The summed E-state index contributed by atoms with van der Waals surface area (Å²) >= 11 is 0. The molecule has 1 fully saturated rings. The second kappa shape index (κ2) is 3.71. The van der Waals surface area contributed by atoms with Crippen molar-refractivity contribution in [1.82, 2.24) is 0 Å². The third kappa shape index (κ3) is 1.21. The molecule has 5 atom stereocenters. The molecule has 100 valence electrons. The maximum absolute atomic E-state index is 12.6. The van der Waals surface area contributed by atoms with Crippen LogP contribution in [0.15, 0.2) is 48.5 Å². The van der Waals surface area contributed by atoms with Gasteiger partial charge < -0.3 is 9.46 Å². The van der Waals surface area contributed by atoms with Crippen molar-refractivity contribution < 1.29 is 8.95 Å². The lowest BCUT2D eigenvalue weighted by atomic mass is 9.79. The third-order valence-electron chi connectivity index (χ3n) is 4.66. The second-order valence-electron chi connectivity index (χ2n) is 5.58. The highest BCUT2D eigenvalue weighted by Crippen LogP contribution is 2.61. The van der Waals surface area contributed by atoms with Gasteiger partial charge in [0.05, 0.1) is 11.4 Å². The number of hydrogen-bond donors (Lipinski definition) is 1. The van der Waals surface area contributed by atoms with Crippen LogP contribution >= 0.6 is 0 Å². The van der Waals surface area contributed by atoms with Crippen LogP contribution in [0.25, 0.3) is 0 Å². The van der Waals surface area contributed by atoms with Crippen molar-refractivity contribution in [2.24, 2.45) is 0 Å². The number of benzene rings is 2. The van der Waals surface area contributed by atoms with Gasteiger partial charge in [-0.05, 0) is 22.8 Å². The summed E-state index contributed by atoms with van der Waals surface area (Å²) in [5.74, 6) is 0.202. The molecule has 2 aromatic rings. The van der Waals surface area contributed by atoms with E-state index in [1.807, 2.05) is 24.3 Å². The molecule has 20 heavy (non-hydrogen) atoms. The van der Waals surface area contributed by atoms with Gasteiger partial charge in [0.1, 0.15) is 17.1 Å². The van der Waals surface area contributed by atoms with E-state index < -0.39 is 11.0 Å². The minimum atomic E-state index is -1.09. The first-order valence-electron chi connectivity index (χ1n) is 6.85. The van der Waals surface area contributed by atoms with Gasteiger partial charge >= 0.3 is 0 Å². The average molecular weight is 283 g/mol. The molecular weight excluding hydrogens is 270 g/mol. The van der Waals surface area contributed by atoms with Crippen molar-refractivity contribution in [3.05, 3.63) is 65.2 Å². The largest absolute Gasteiger partial charge is 0.364 e. The minimum Gasteiger partial charge on any atom is -0.364 e. The van der Waals surface area contributed by atoms with E-state index in [9.17, 15) is 4.21 Å². The molecule has 3 nitrogen and oxygen atoms in total. The summed E-state index contributed by atoms with van der Waals surface area (Å²) in [6.07, 6.45) is 0.0105. The second-order valence-corrected chi connectivity index (χ2v) is 6.93. The van der Waals surface area contributed by atoms with Crippen LogP contribution in [0.4, 0.5) is 5.69 Å². The Kier molecular flexibility index (Phi) is 2.05. The number of nitrogens with one attached hydrogen (secondary N) is 1. The van der Waals surface area contributed by atoms with Gasteiger partial charge in [-0.3, -0.25) is 0 Å². The smallest absolute Gasteiger partial charge is 0.124 e. The molecule has 0 aromatic heterocycles. The molecule has 0 spiro atoms. The van der Waals surface area contributed by atoms with Crippen LogP contribution in [0.5, 0.6) is 0 Å². The van der Waals surface area contributed by atoms with E-state index in [0.717, 1.165) is 5.69 Å². The molecule has 0 aliphatic carbocycles. The van der Waals surface area contributed by atoms with Crippen molar-refractivity contribution >= 4 is 16.7 Å². The first-order chi connectivity index (χ1) is 9.84. The Morgan fingerprint density at radius 1 is 0.900 bits per heavy atom. The summed E-state index contributed by atoms with van der Waals surface area (Å²) in [7, 11) is -1.09. The predicted octanol–water partition coefficient (Wildman–Crippen LogP) is 3.05. The molecule has 5 unspecified atom stereocenters. The maximum Gasteiger partial charge on any atom is 0.124 e. The van der Waals surface area contributed by atoms with E-state index in [-0.39, 0.29) is 23.4 Å². The molecule has 0 amide bonds. The Bertz CT molecular complexity index is 745. The Balaban J connectivity index is 1.75. The Hall–Kier alpha value is -1.65. The number of para-hydroxylation sites is 1. The molecule has 1 N–H and O–H groups in total. The van der Waals surface area contributed by atoms with Crippen molar-refractivity contribution in [3.63, 3.8) is 0 Å². The SMILES string of the molecule is O=S1Nc2ccccc2C2C3OC(c4ccccc43)C21. The highest BCUT2D eigenvalue weighted by molar-refractivity contribution is 7.87. The van der Waals surface area contributed by atoms with E-state index in [1.165, 1.54) is 16.7 Å². The summed E-state index contributed by atoms with van der Waals surface area (Å²) in [6, 6.07) is 16.5. The van der Waals surface area contributed by atoms with Crippen LogP contribution in [0.2, 0.25) is 0 Å². The van der Waals surface area contributed by atoms with Crippen molar-refractivity contribution in [2.75, 3.05) is 4.72 Å². The van der Waals surface area contributed by atoms with Crippen LogP contribution < -0.4 is 4.72 Å². The van der Waals surface area contributed by atoms with Crippen LogP contribution in [-0.2, 0) is 15.7 Å². The fourth-order valence-electron chi connectivity index (χ4n) is 3.87. The standard InChI is InChI=1S/C16H13NO2S/c18-20-16-13(11-7-3-4-8-12(11)17-20)14-9-5-1-2-6-10(9)15(16)19-14/h1-8,13-17H. The highest BCUT2D eigenvalue weighted by Gasteiger charge is 2.57. The molecule has 1 saturated heterocycles. The van der Waals surface area contributed by atoms with Crippen LogP contribution in [0, 0.1) is 0 Å². The fourth-order valence-corrected chi connectivity index (χ4v) is 5.40. The van der Waals surface area contributed by atoms with E-state index >= 15 is 0 Å².